The summed E-state index contributed by atoms with van der Waals surface area (Å²) >= 11 is 0. The summed E-state index contributed by atoms with van der Waals surface area (Å²) in [7, 11) is 0. The third kappa shape index (κ3) is 2.48. The standard InChI is InChI=1S/C19H30N2/c1-15(2)20-12-10-19(11-13-20)14-21(18(3,4)5)17-9-7-6-8-16(17)19/h6-9,15H,10-14H2,1-5H3. The number of likely N-dealkylation sites (tertiary alicyclic amines) is 1. The molecule has 2 aliphatic rings. The Labute approximate surface area is 130 Å². The van der Waals surface area contributed by atoms with Crippen LogP contribution >= 0.6 is 0 Å². The molecule has 1 aromatic rings. The molecule has 0 saturated carbocycles. The van der Waals surface area contributed by atoms with Crippen LogP contribution in [0.1, 0.15) is 53.0 Å². The lowest BCUT2D eigenvalue weighted by Crippen LogP contribution is -2.49. The summed E-state index contributed by atoms with van der Waals surface area (Å²) < 4.78 is 0. The highest BCUT2D eigenvalue weighted by atomic mass is 15.2. The summed E-state index contributed by atoms with van der Waals surface area (Å²) in [5.41, 5.74) is 3.66. The molecule has 0 atom stereocenters. The second kappa shape index (κ2) is 5.01. The average molecular weight is 286 g/mol. The minimum Gasteiger partial charge on any atom is -0.366 e. The first-order valence-corrected chi connectivity index (χ1v) is 8.45. The van der Waals surface area contributed by atoms with E-state index in [-0.39, 0.29) is 5.54 Å². The fourth-order valence-corrected chi connectivity index (χ4v) is 4.12. The molecule has 2 heteroatoms. The molecule has 1 spiro atoms. The van der Waals surface area contributed by atoms with E-state index in [1.54, 1.807) is 5.56 Å². The molecule has 0 aromatic heterocycles. The van der Waals surface area contributed by atoms with Crippen molar-refractivity contribution in [2.24, 2.45) is 0 Å². The summed E-state index contributed by atoms with van der Waals surface area (Å²) in [6.45, 7) is 15.3. The van der Waals surface area contributed by atoms with Crippen LogP contribution < -0.4 is 4.90 Å². The lowest BCUT2D eigenvalue weighted by molar-refractivity contribution is 0.133. The molecule has 116 valence electrons. The molecule has 0 bridgehead atoms. The molecule has 0 radical (unpaired) electrons. The van der Waals surface area contributed by atoms with Crippen LogP contribution in [0, 0.1) is 0 Å². The number of fused-ring (bicyclic) bond motifs is 2. The van der Waals surface area contributed by atoms with Crippen molar-refractivity contribution < 1.29 is 0 Å². The molecule has 0 N–H and O–H groups in total. The Kier molecular flexibility index (Phi) is 3.56. The van der Waals surface area contributed by atoms with Crippen molar-refractivity contribution in [3.8, 4) is 0 Å². The van der Waals surface area contributed by atoms with Gasteiger partial charge < -0.3 is 9.80 Å². The third-order valence-electron chi connectivity index (χ3n) is 5.52. The third-order valence-corrected chi connectivity index (χ3v) is 5.52. The van der Waals surface area contributed by atoms with E-state index < -0.39 is 0 Å². The fraction of sp³-hybridized carbons (Fsp3) is 0.684. The zero-order valence-corrected chi connectivity index (χ0v) is 14.3. The van der Waals surface area contributed by atoms with Gasteiger partial charge in [0.15, 0.2) is 0 Å². The Balaban J connectivity index is 1.92. The van der Waals surface area contributed by atoms with Gasteiger partial charge in [-0.2, -0.15) is 0 Å². The van der Waals surface area contributed by atoms with E-state index >= 15 is 0 Å². The van der Waals surface area contributed by atoms with Crippen LogP contribution in [0.4, 0.5) is 5.69 Å². The van der Waals surface area contributed by atoms with E-state index in [0.717, 1.165) is 0 Å². The normalized spacial score (nSPS) is 22.1. The maximum Gasteiger partial charge on any atom is 0.0409 e. The van der Waals surface area contributed by atoms with Crippen molar-refractivity contribution in [3.63, 3.8) is 0 Å². The molecule has 21 heavy (non-hydrogen) atoms. The quantitative estimate of drug-likeness (QED) is 0.768. The minimum atomic E-state index is 0.203. The number of para-hydroxylation sites is 1. The predicted octanol–water partition coefficient (Wildman–Crippen LogP) is 4.05. The van der Waals surface area contributed by atoms with Crippen molar-refractivity contribution >= 4 is 5.69 Å². The number of anilines is 1. The van der Waals surface area contributed by atoms with Crippen molar-refractivity contribution in [1.29, 1.82) is 0 Å². The average Bonchev–Trinajstić information content (AvgIpc) is 2.75. The van der Waals surface area contributed by atoms with E-state index in [1.807, 2.05) is 0 Å². The van der Waals surface area contributed by atoms with Gasteiger partial charge in [-0.3, -0.25) is 0 Å². The Morgan fingerprint density at radius 2 is 1.67 bits per heavy atom. The van der Waals surface area contributed by atoms with E-state index in [4.69, 9.17) is 0 Å². The Hall–Kier alpha value is -1.02. The number of rotatable bonds is 1. The van der Waals surface area contributed by atoms with Gasteiger partial charge in [0.1, 0.15) is 0 Å². The second-order valence-corrected chi connectivity index (χ2v) is 8.18. The number of hydrogen-bond acceptors (Lipinski definition) is 2. The van der Waals surface area contributed by atoms with Crippen LogP contribution in [0.15, 0.2) is 24.3 Å². The van der Waals surface area contributed by atoms with Gasteiger partial charge in [0.25, 0.3) is 0 Å². The lowest BCUT2D eigenvalue weighted by Gasteiger charge is -2.43. The van der Waals surface area contributed by atoms with Gasteiger partial charge in [-0.1, -0.05) is 18.2 Å². The SMILES string of the molecule is CC(C)N1CCC2(CC1)CN(C(C)(C)C)c1ccccc12. The fourth-order valence-electron chi connectivity index (χ4n) is 4.12. The van der Waals surface area contributed by atoms with Gasteiger partial charge in [-0.25, -0.2) is 0 Å². The highest BCUT2D eigenvalue weighted by Crippen LogP contribution is 2.49. The molecule has 2 aliphatic heterocycles. The first-order valence-electron chi connectivity index (χ1n) is 8.45. The molecule has 2 heterocycles. The number of nitrogens with zero attached hydrogens (tertiary/aromatic N) is 2. The summed E-state index contributed by atoms with van der Waals surface area (Å²) in [5.74, 6) is 0. The number of piperidine rings is 1. The topological polar surface area (TPSA) is 6.48 Å². The first kappa shape index (κ1) is 14.9. The van der Waals surface area contributed by atoms with Crippen molar-refractivity contribution in [2.45, 2.75) is 64.5 Å². The minimum absolute atomic E-state index is 0.203. The van der Waals surface area contributed by atoms with Crippen molar-refractivity contribution in [1.82, 2.24) is 4.90 Å². The zero-order valence-electron chi connectivity index (χ0n) is 14.3. The van der Waals surface area contributed by atoms with Crippen molar-refractivity contribution in [2.75, 3.05) is 24.5 Å². The van der Waals surface area contributed by atoms with E-state index in [1.165, 1.54) is 38.2 Å². The van der Waals surface area contributed by atoms with Crippen LogP contribution in [-0.2, 0) is 5.41 Å². The monoisotopic (exact) mass is 286 g/mol. The van der Waals surface area contributed by atoms with Gasteiger partial charge in [0.2, 0.25) is 0 Å². The molecule has 0 aliphatic carbocycles. The van der Waals surface area contributed by atoms with Crippen LogP contribution in [0.5, 0.6) is 0 Å². The first-order chi connectivity index (χ1) is 9.83. The maximum atomic E-state index is 2.63. The van der Waals surface area contributed by atoms with Crippen LogP contribution in [0.2, 0.25) is 0 Å². The maximum absolute atomic E-state index is 2.63. The molecular formula is C19H30N2. The molecule has 0 unspecified atom stereocenters. The molecular weight excluding hydrogens is 256 g/mol. The van der Waals surface area contributed by atoms with Gasteiger partial charge in [-0.05, 0) is 72.2 Å². The van der Waals surface area contributed by atoms with E-state index in [2.05, 4.69) is 68.7 Å². The van der Waals surface area contributed by atoms with E-state index in [0.29, 0.717) is 11.5 Å². The zero-order chi connectivity index (χ0) is 15.3. The second-order valence-electron chi connectivity index (χ2n) is 8.18. The van der Waals surface area contributed by atoms with Gasteiger partial charge in [0.05, 0.1) is 0 Å². The molecule has 3 rings (SSSR count). The van der Waals surface area contributed by atoms with Crippen LogP contribution in [0.25, 0.3) is 0 Å². The highest BCUT2D eigenvalue weighted by Gasteiger charge is 2.46. The van der Waals surface area contributed by atoms with Gasteiger partial charge >= 0.3 is 0 Å². The lowest BCUT2D eigenvalue weighted by atomic mass is 9.74. The summed E-state index contributed by atoms with van der Waals surface area (Å²) in [5, 5.41) is 0. The number of hydrogen-bond donors (Lipinski definition) is 0. The van der Waals surface area contributed by atoms with Crippen molar-refractivity contribution in [3.05, 3.63) is 29.8 Å². The largest absolute Gasteiger partial charge is 0.366 e. The summed E-state index contributed by atoms with van der Waals surface area (Å²) in [4.78, 5) is 5.26. The van der Waals surface area contributed by atoms with Crippen LogP contribution in [0.3, 0.4) is 0 Å². The van der Waals surface area contributed by atoms with Gasteiger partial charge in [0, 0.05) is 29.2 Å². The predicted molar refractivity (Wildman–Crippen MR) is 91.2 cm³/mol. The molecule has 1 saturated heterocycles. The molecule has 1 fully saturated rings. The Bertz CT molecular complexity index is 505. The molecule has 1 aromatic carbocycles. The van der Waals surface area contributed by atoms with E-state index in [9.17, 15) is 0 Å². The molecule has 2 nitrogen and oxygen atoms in total. The van der Waals surface area contributed by atoms with Crippen LogP contribution in [-0.4, -0.2) is 36.1 Å². The Morgan fingerprint density at radius 1 is 1.05 bits per heavy atom. The summed E-state index contributed by atoms with van der Waals surface area (Å²) in [6.07, 6.45) is 2.60. The smallest absolute Gasteiger partial charge is 0.0409 e. The summed E-state index contributed by atoms with van der Waals surface area (Å²) in [6, 6.07) is 9.80. The Morgan fingerprint density at radius 3 is 2.24 bits per heavy atom. The number of benzene rings is 1. The van der Waals surface area contributed by atoms with Gasteiger partial charge in [-0.15, -0.1) is 0 Å². The highest BCUT2D eigenvalue weighted by molar-refractivity contribution is 5.64. The molecule has 0 amide bonds.